The van der Waals surface area contributed by atoms with Crippen LogP contribution < -0.4 is 10.6 Å². The number of nitrogens with two attached hydrogens (primary N) is 1. The molecule has 2 N–H and O–H groups in total. The van der Waals surface area contributed by atoms with Crippen molar-refractivity contribution in [2.75, 3.05) is 24.6 Å². The van der Waals surface area contributed by atoms with Gasteiger partial charge in [-0.1, -0.05) is 19.1 Å². The van der Waals surface area contributed by atoms with Gasteiger partial charge >= 0.3 is 0 Å². The van der Waals surface area contributed by atoms with Crippen LogP contribution in [0.2, 0.25) is 0 Å². The van der Waals surface area contributed by atoms with Crippen LogP contribution in [-0.2, 0) is 4.74 Å². The minimum absolute atomic E-state index is 0.309. The normalized spacial score (nSPS) is 19.4. The Hall–Kier alpha value is -1.20. The van der Waals surface area contributed by atoms with Crippen LogP contribution in [0, 0.1) is 0 Å². The Balaban J connectivity index is 2.04. The lowest BCUT2D eigenvalue weighted by Crippen LogP contribution is -2.40. The molecule has 1 aliphatic heterocycles. The van der Waals surface area contributed by atoms with E-state index < -0.39 is 0 Å². The van der Waals surface area contributed by atoms with E-state index in [0.717, 1.165) is 50.3 Å². The lowest BCUT2D eigenvalue weighted by atomic mass is 10.1. The molecule has 1 atom stereocenters. The lowest BCUT2D eigenvalue weighted by molar-refractivity contribution is 0.0439. The fraction of sp³-hybridized carbons (Fsp3) is 0.571. The van der Waals surface area contributed by atoms with Gasteiger partial charge in [-0.15, -0.1) is 0 Å². The van der Waals surface area contributed by atoms with Crippen molar-refractivity contribution in [3.05, 3.63) is 23.9 Å². The van der Waals surface area contributed by atoms with E-state index >= 15 is 0 Å². The van der Waals surface area contributed by atoms with Crippen LogP contribution in [0.1, 0.15) is 31.7 Å². The first-order valence-corrected chi connectivity index (χ1v) is 7.24. The SMILES string of the molecule is CCCOC1CCCN(c2cc(C(N)=S)ccn2)C1. The van der Waals surface area contributed by atoms with Crippen LogP contribution in [0.5, 0.6) is 0 Å². The number of pyridine rings is 1. The summed E-state index contributed by atoms with van der Waals surface area (Å²) in [5, 5.41) is 0. The van der Waals surface area contributed by atoms with Crippen molar-refractivity contribution < 1.29 is 4.74 Å². The molecule has 0 radical (unpaired) electrons. The van der Waals surface area contributed by atoms with Crippen molar-refractivity contribution in [2.24, 2.45) is 5.73 Å². The van der Waals surface area contributed by atoms with Gasteiger partial charge in [0.1, 0.15) is 10.8 Å². The van der Waals surface area contributed by atoms with Crippen LogP contribution in [0.3, 0.4) is 0 Å². The molecule has 0 aromatic carbocycles. The first-order valence-electron chi connectivity index (χ1n) is 6.83. The highest BCUT2D eigenvalue weighted by Gasteiger charge is 2.21. The van der Waals surface area contributed by atoms with E-state index in [0.29, 0.717) is 11.1 Å². The summed E-state index contributed by atoms with van der Waals surface area (Å²) in [6, 6.07) is 3.81. The maximum absolute atomic E-state index is 5.84. The van der Waals surface area contributed by atoms with Crippen LogP contribution >= 0.6 is 12.2 Å². The van der Waals surface area contributed by atoms with Gasteiger partial charge in [-0.25, -0.2) is 4.98 Å². The molecule has 104 valence electrons. The molecular weight excluding hydrogens is 258 g/mol. The molecule has 1 fully saturated rings. The molecule has 0 aliphatic carbocycles. The van der Waals surface area contributed by atoms with Crippen molar-refractivity contribution in [1.82, 2.24) is 4.98 Å². The third-order valence-electron chi connectivity index (χ3n) is 3.29. The number of aromatic nitrogens is 1. The maximum Gasteiger partial charge on any atom is 0.129 e. The third-order valence-corrected chi connectivity index (χ3v) is 3.53. The van der Waals surface area contributed by atoms with E-state index in [9.17, 15) is 0 Å². The second-order valence-corrected chi connectivity index (χ2v) is 5.29. The Labute approximate surface area is 120 Å². The number of thiocarbonyl (C=S) groups is 1. The van der Waals surface area contributed by atoms with Gasteiger partial charge in [0.05, 0.1) is 6.10 Å². The molecule has 0 saturated carbocycles. The fourth-order valence-electron chi connectivity index (χ4n) is 2.31. The molecule has 4 nitrogen and oxygen atoms in total. The maximum atomic E-state index is 5.84. The standard InChI is InChI=1S/C14H21N3OS/c1-2-8-18-12-4-3-7-17(10-12)13-9-11(14(15)19)5-6-16-13/h5-6,9,12H,2-4,7-8,10H2,1H3,(H2,15,19). The van der Waals surface area contributed by atoms with Gasteiger partial charge in [-0.2, -0.15) is 0 Å². The molecule has 2 rings (SSSR count). The average molecular weight is 279 g/mol. The Morgan fingerprint density at radius 2 is 2.47 bits per heavy atom. The van der Waals surface area contributed by atoms with Gasteiger partial charge < -0.3 is 15.4 Å². The summed E-state index contributed by atoms with van der Waals surface area (Å²) in [4.78, 5) is 7.09. The molecule has 1 unspecified atom stereocenters. The Kier molecular flexibility index (Phi) is 5.10. The van der Waals surface area contributed by atoms with Gasteiger partial charge in [-0.05, 0) is 31.4 Å². The highest BCUT2D eigenvalue weighted by Crippen LogP contribution is 2.20. The zero-order valence-electron chi connectivity index (χ0n) is 11.3. The number of piperidine rings is 1. The van der Waals surface area contributed by atoms with Gasteiger partial charge in [0.15, 0.2) is 0 Å². The molecule has 0 spiro atoms. The molecule has 1 aromatic heterocycles. The van der Waals surface area contributed by atoms with Gasteiger partial charge in [0.2, 0.25) is 0 Å². The molecule has 1 aromatic rings. The minimum Gasteiger partial charge on any atom is -0.389 e. The number of anilines is 1. The number of ether oxygens (including phenoxy) is 1. The monoisotopic (exact) mass is 279 g/mol. The highest BCUT2D eigenvalue weighted by atomic mass is 32.1. The summed E-state index contributed by atoms with van der Waals surface area (Å²) in [5.41, 5.74) is 6.54. The van der Waals surface area contributed by atoms with E-state index in [2.05, 4.69) is 16.8 Å². The summed E-state index contributed by atoms with van der Waals surface area (Å²) in [6.45, 7) is 4.88. The van der Waals surface area contributed by atoms with Gasteiger partial charge in [-0.3, -0.25) is 0 Å². The third kappa shape index (κ3) is 3.88. The van der Waals surface area contributed by atoms with Crippen molar-refractivity contribution >= 4 is 23.0 Å². The quantitative estimate of drug-likeness (QED) is 0.837. The van der Waals surface area contributed by atoms with E-state index in [1.54, 1.807) is 6.20 Å². The number of rotatable bonds is 5. The van der Waals surface area contributed by atoms with Crippen molar-refractivity contribution in [3.8, 4) is 0 Å². The Morgan fingerprint density at radius 3 is 3.21 bits per heavy atom. The number of hydrogen-bond donors (Lipinski definition) is 1. The predicted molar refractivity (Wildman–Crippen MR) is 81.6 cm³/mol. The van der Waals surface area contributed by atoms with E-state index in [-0.39, 0.29) is 0 Å². The lowest BCUT2D eigenvalue weighted by Gasteiger charge is -2.33. The minimum atomic E-state index is 0.309. The summed E-state index contributed by atoms with van der Waals surface area (Å²) in [5.74, 6) is 0.940. The summed E-state index contributed by atoms with van der Waals surface area (Å²) in [7, 11) is 0. The molecule has 0 bridgehead atoms. The highest BCUT2D eigenvalue weighted by molar-refractivity contribution is 7.80. The molecular formula is C14H21N3OS. The van der Waals surface area contributed by atoms with Crippen LogP contribution in [0.15, 0.2) is 18.3 Å². The summed E-state index contributed by atoms with van der Waals surface area (Å²) < 4.78 is 5.84. The smallest absolute Gasteiger partial charge is 0.129 e. The zero-order chi connectivity index (χ0) is 13.7. The Bertz CT molecular complexity index is 438. The fourth-order valence-corrected chi connectivity index (χ4v) is 2.44. The first kappa shape index (κ1) is 14.2. The van der Waals surface area contributed by atoms with E-state index in [1.807, 2.05) is 12.1 Å². The number of nitrogens with zero attached hydrogens (tertiary/aromatic N) is 2. The second-order valence-electron chi connectivity index (χ2n) is 4.85. The molecule has 19 heavy (non-hydrogen) atoms. The van der Waals surface area contributed by atoms with Crippen LogP contribution in [0.4, 0.5) is 5.82 Å². The largest absolute Gasteiger partial charge is 0.389 e. The first-order chi connectivity index (χ1) is 9.20. The predicted octanol–water partition coefficient (Wildman–Crippen LogP) is 2.11. The summed E-state index contributed by atoms with van der Waals surface area (Å²) >= 11 is 5.01. The molecule has 2 heterocycles. The molecule has 0 amide bonds. The second kappa shape index (κ2) is 6.82. The van der Waals surface area contributed by atoms with Crippen LogP contribution in [-0.4, -0.2) is 35.8 Å². The molecule has 1 aliphatic rings. The van der Waals surface area contributed by atoms with Crippen LogP contribution in [0.25, 0.3) is 0 Å². The molecule has 5 heteroatoms. The van der Waals surface area contributed by atoms with Gasteiger partial charge in [0.25, 0.3) is 0 Å². The summed E-state index contributed by atoms with van der Waals surface area (Å²) in [6.07, 6.45) is 5.40. The van der Waals surface area contributed by atoms with Crippen molar-refractivity contribution in [1.29, 1.82) is 0 Å². The molecule has 1 saturated heterocycles. The van der Waals surface area contributed by atoms with Gasteiger partial charge in [0, 0.05) is 31.5 Å². The average Bonchev–Trinajstić information content (AvgIpc) is 2.45. The van der Waals surface area contributed by atoms with E-state index in [4.69, 9.17) is 22.7 Å². The number of hydrogen-bond acceptors (Lipinski definition) is 4. The zero-order valence-corrected chi connectivity index (χ0v) is 12.2. The van der Waals surface area contributed by atoms with Crippen molar-refractivity contribution in [2.45, 2.75) is 32.3 Å². The Morgan fingerprint density at radius 1 is 1.63 bits per heavy atom. The van der Waals surface area contributed by atoms with Crippen molar-refractivity contribution in [3.63, 3.8) is 0 Å². The van der Waals surface area contributed by atoms with E-state index in [1.165, 1.54) is 0 Å². The topological polar surface area (TPSA) is 51.4 Å².